The topological polar surface area (TPSA) is 86.4 Å². The maximum atomic E-state index is 11.1. The van der Waals surface area contributed by atoms with Crippen molar-refractivity contribution < 1.29 is 18.4 Å². The number of nitrogens with zero attached hydrogens (tertiary/aromatic N) is 2. The van der Waals surface area contributed by atoms with Crippen LogP contribution in [0, 0.1) is 0 Å². The molecule has 0 bridgehead atoms. The molecule has 94 valence electrons. The van der Waals surface area contributed by atoms with E-state index in [4.69, 9.17) is 0 Å². The van der Waals surface area contributed by atoms with Gasteiger partial charge in [0.15, 0.2) is 6.34 Å². The standard InChI is InChI=1S/C7H5NO3S.C4H6N2/c9-7-5-3-1-2-4-6(5)12(10,11)8-7;1-6-3-2-5-4-6/h1-4H,(H,8,9);2-4H,1H3. The molecule has 0 amide bonds. The van der Waals surface area contributed by atoms with Crippen LogP contribution >= 0.6 is 0 Å². The van der Waals surface area contributed by atoms with Gasteiger partial charge in [-0.25, -0.2) is 4.99 Å². The van der Waals surface area contributed by atoms with Gasteiger partial charge in [0, 0.05) is 11.5 Å². The minimum atomic E-state index is -3.68. The van der Waals surface area contributed by atoms with Crippen LogP contribution in [0.15, 0.2) is 51.0 Å². The molecule has 2 aliphatic heterocycles. The van der Waals surface area contributed by atoms with Gasteiger partial charge >= 0.3 is 0 Å². The fourth-order valence-electron chi connectivity index (χ4n) is 1.44. The second-order valence-corrected chi connectivity index (χ2v) is 5.28. The van der Waals surface area contributed by atoms with Gasteiger partial charge in [0.25, 0.3) is 10.0 Å². The number of sulfonamides is 1. The first-order chi connectivity index (χ1) is 8.50. The monoisotopic (exact) mass is 265 g/mol. The van der Waals surface area contributed by atoms with Gasteiger partial charge in [-0.1, -0.05) is 18.2 Å². The molecule has 0 saturated heterocycles. The lowest BCUT2D eigenvalue weighted by molar-refractivity contribution is -0.709. The van der Waals surface area contributed by atoms with Crippen LogP contribution in [0.3, 0.4) is 0 Å². The van der Waals surface area contributed by atoms with E-state index in [9.17, 15) is 13.5 Å². The van der Waals surface area contributed by atoms with Gasteiger partial charge < -0.3 is 5.11 Å². The molecule has 1 unspecified atom stereocenters. The Bertz CT molecular complexity index is 635. The summed E-state index contributed by atoms with van der Waals surface area (Å²) in [4.78, 5) is 5.06. The molecule has 1 atom stereocenters. The van der Waals surface area contributed by atoms with Crippen LogP contribution in [0.5, 0.6) is 0 Å². The Morgan fingerprint density at radius 1 is 1.28 bits per heavy atom. The molecule has 0 spiro atoms. The van der Waals surface area contributed by atoms with Gasteiger partial charge in [0.1, 0.15) is 6.20 Å². The number of aliphatic imine (C=N–C) groups is 1. The van der Waals surface area contributed by atoms with E-state index in [0.29, 0.717) is 0 Å². The smallest absolute Gasteiger partial charge is 0.282 e. The summed E-state index contributed by atoms with van der Waals surface area (Å²) in [7, 11) is -1.66. The second-order valence-electron chi connectivity index (χ2n) is 3.71. The molecular weight excluding hydrogens is 254 g/mol. The summed E-state index contributed by atoms with van der Waals surface area (Å²) in [5, 5.41) is 10.9. The molecular formula is C11H11N3O3S. The minimum absolute atomic E-state index is 0.00926. The molecule has 0 aromatic heterocycles. The largest absolute Gasteiger partial charge is 0.858 e. The Morgan fingerprint density at radius 3 is 2.50 bits per heavy atom. The van der Waals surface area contributed by atoms with E-state index < -0.39 is 15.9 Å². The van der Waals surface area contributed by atoms with E-state index in [1.165, 1.54) is 17.0 Å². The zero-order valence-electron chi connectivity index (χ0n) is 9.57. The summed E-state index contributed by atoms with van der Waals surface area (Å²) >= 11 is 0. The van der Waals surface area contributed by atoms with Crippen LogP contribution in [-0.4, -0.2) is 27.7 Å². The number of quaternary nitrogens is 1. The van der Waals surface area contributed by atoms with Crippen molar-refractivity contribution in [3.05, 3.63) is 42.2 Å². The Labute approximate surface area is 105 Å². The third kappa shape index (κ3) is 2.47. The molecule has 0 radical (unpaired) electrons. The molecule has 2 aliphatic rings. The quantitative estimate of drug-likeness (QED) is 0.620. The van der Waals surface area contributed by atoms with Crippen LogP contribution in [0.1, 0.15) is 5.56 Å². The van der Waals surface area contributed by atoms with Crippen molar-refractivity contribution >= 4 is 22.3 Å². The molecule has 2 heterocycles. The molecule has 1 aromatic carbocycles. The highest BCUT2D eigenvalue weighted by Gasteiger charge is 2.22. The highest BCUT2D eigenvalue weighted by molar-refractivity contribution is 7.90. The van der Waals surface area contributed by atoms with Crippen LogP contribution in [0.4, 0.5) is 0 Å². The van der Waals surface area contributed by atoms with Crippen LogP contribution in [0.2, 0.25) is 0 Å². The molecule has 6 nitrogen and oxygen atoms in total. The normalized spacial score (nSPS) is 22.1. The van der Waals surface area contributed by atoms with Crippen molar-refractivity contribution in [3.8, 4) is 0 Å². The van der Waals surface area contributed by atoms with Crippen LogP contribution in [0.25, 0.3) is 0 Å². The number of hydrogen-bond acceptors (Lipinski definition) is 4. The Balaban J connectivity index is 0.000000169. The minimum Gasteiger partial charge on any atom is -0.858 e. The maximum Gasteiger partial charge on any atom is 0.282 e. The first kappa shape index (κ1) is 12.5. The molecule has 7 heteroatoms. The van der Waals surface area contributed by atoms with Gasteiger partial charge in [-0.15, -0.1) is 0 Å². The fourth-order valence-corrected chi connectivity index (χ4v) is 2.54. The van der Waals surface area contributed by atoms with Crippen LogP contribution in [-0.2, 0) is 10.0 Å². The van der Waals surface area contributed by atoms with E-state index in [-0.39, 0.29) is 10.5 Å². The zero-order valence-corrected chi connectivity index (χ0v) is 10.4. The van der Waals surface area contributed by atoms with Gasteiger partial charge in [-0.05, 0) is 6.07 Å². The van der Waals surface area contributed by atoms with Crippen molar-refractivity contribution in [2.75, 3.05) is 7.05 Å². The number of hydrogen-bond donors (Lipinski definition) is 1. The molecule has 1 aromatic rings. The average molecular weight is 265 g/mol. The zero-order chi connectivity index (χ0) is 13.2. The predicted octanol–water partition coefficient (Wildman–Crippen LogP) is -1.49. The first-order valence-electron chi connectivity index (χ1n) is 5.15. The lowest BCUT2D eigenvalue weighted by Gasteiger charge is -2.01. The van der Waals surface area contributed by atoms with Gasteiger partial charge in [-0.3, -0.25) is 4.90 Å². The van der Waals surface area contributed by atoms with Crippen LogP contribution < -0.4 is 10.0 Å². The number of fused-ring (bicyclic) bond motifs is 1. The Hall–Kier alpha value is -1.99. The molecule has 18 heavy (non-hydrogen) atoms. The number of benzene rings is 1. The lowest BCUT2D eigenvalue weighted by atomic mass is 10.2. The van der Waals surface area contributed by atoms with E-state index in [1.54, 1.807) is 18.3 Å². The summed E-state index contributed by atoms with van der Waals surface area (Å²) in [5.41, 5.74) is 0.164. The predicted molar refractivity (Wildman–Crippen MR) is 64.7 cm³/mol. The Kier molecular flexibility index (Phi) is 3.26. The summed E-state index contributed by atoms with van der Waals surface area (Å²) < 4.78 is 25.2. The van der Waals surface area contributed by atoms with Gasteiger partial charge in [0.05, 0.1) is 18.1 Å². The van der Waals surface area contributed by atoms with Gasteiger partial charge in [-0.2, -0.15) is 12.8 Å². The third-order valence-electron chi connectivity index (χ3n) is 2.30. The van der Waals surface area contributed by atoms with Gasteiger partial charge in [0.2, 0.25) is 0 Å². The highest BCUT2D eigenvalue weighted by atomic mass is 32.2. The molecule has 3 rings (SSSR count). The number of rotatable bonds is 0. The van der Waals surface area contributed by atoms with Crippen molar-refractivity contribution in [2.24, 2.45) is 9.39 Å². The molecule has 0 saturated carbocycles. The Morgan fingerprint density at radius 2 is 2.00 bits per heavy atom. The lowest BCUT2D eigenvalue weighted by Crippen LogP contribution is -3.01. The molecule has 1 N–H and O–H groups in total. The second kappa shape index (κ2) is 4.71. The van der Waals surface area contributed by atoms with Crippen molar-refractivity contribution in [2.45, 2.75) is 4.90 Å². The highest BCUT2D eigenvalue weighted by Crippen LogP contribution is 2.23. The summed E-state index contributed by atoms with van der Waals surface area (Å²) in [5.74, 6) is -0.675. The van der Waals surface area contributed by atoms with E-state index in [0.717, 1.165) is 0 Å². The molecule has 0 aliphatic carbocycles. The van der Waals surface area contributed by atoms with Crippen molar-refractivity contribution in [1.82, 2.24) is 0 Å². The summed E-state index contributed by atoms with van der Waals surface area (Å²) in [6.45, 7) is 0. The van der Waals surface area contributed by atoms with E-state index >= 15 is 0 Å². The SMILES string of the molecule is C[NH+]1C=CN=C1.O=S1(=O)N=C([O-])c2ccccc21. The number of nitrogens with one attached hydrogen (secondary N) is 1. The van der Waals surface area contributed by atoms with Crippen molar-refractivity contribution in [3.63, 3.8) is 0 Å². The fraction of sp³-hybridized carbons (Fsp3) is 0.0909. The average Bonchev–Trinajstić information content (AvgIpc) is 2.88. The van der Waals surface area contributed by atoms with Crippen molar-refractivity contribution in [1.29, 1.82) is 0 Å². The summed E-state index contributed by atoms with van der Waals surface area (Å²) in [6, 6.07) is 5.99. The van der Waals surface area contributed by atoms with E-state index in [1.807, 2.05) is 19.6 Å². The third-order valence-corrected chi connectivity index (χ3v) is 3.62. The summed E-state index contributed by atoms with van der Waals surface area (Å²) in [6.07, 6.45) is 5.59. The first-order valence-corrected chi connectivity index (χ1v) is 6.59. The van der Waals surface area contributed by atoms with E-state index in [2.05, 4.69) is 9.39 Å². The maximum absolute atomic E-state index is 11.1. The molecule has 0 fully saturated rings.